The largest absolute Gasteiger partial charge is 0.454 e. The van der Waals surface area contributed by atoms with E-state index in [4.69, 9.17) is 9.40 Å². The van der Waals surface area contributed by atoms with Crippen molar-refractivity contribution in [2.45, 2.75) is 19.3 Å². The van der Waals surface area contributed by atoms with Gasteiger partial charge in [0.05, 0.1) is 17.6 Å². The summed E-state index contributed by atoms with van der Waals surface area (Å²) in [7, 11) is 0. The first-order chi connectivity index (χ1) is 19.7. The second-order valence-corrected chi connectivity index (χ2v) is 10.2. The van der Waals surface area contributed by atoms with E-state index in [2.05, 4.69) is 108 Å². The van der Waals surface area contributed by atoms with Crippen LogP contribution >= 0.6 is 0 Å². The minimum Gasteiger partial charge on any atom is -0.454 e. The Morgan fingerprint density at radius 1 is 0.875 bits per heavy atom. The third kappa shape index (κ3) is 3.64. The van der Waals surface area contributed by atoms with E-state index in [-0.39, 0.29) is 0 Å². The second kappa shape index (κ2) is 9.58. The van der Waals surface area contributed by atoms with Crippen LogP contribution in [0.15, 0.2) is 115 Å². The number of rotatable bonds is 6. The van der Waals surface area contributed by atoms with Gasteiger partial charge in [-0.3, -0.25) is 4.98 Å². The normalized spacial score (nSPS) is 14.4. The van der Waals surface area contributed by atoms with Gasteiger partial charge in [0.2, 0.25) is 0 Å². The molecule has 0 amide bonds. The Kier molecular flexibility index (Phi) is 5.75. The number of allylic oxidation sites excluding steroid dienone is 1. The molecule has 0 radical (unpaired) electrons. The van der Waals surface area contributed by atoms with Crippen LogP contribution < -0.4 is 4.90 Å². The number of benzene rings is 3. The number of nitrogens with zero attached hydrogens (tertiary/aromatic N) is 3. The molecule has 1 unspecified atom stereocenters. The molecule has 0 bridgehead atoms. The number of para-hydroxylation sites is 2. The summed E-state index contributed by atoms with van der Waals surface area (Å²) in [4.78, 5) is 6.96. The summed E-state index contributed by atoms with van der Waals surface area (Å²) in [6.45, 7) is 10.6. The SMILES string of the molecule is C=Cc1c2c(n(-c3cncc4c3oc3ccc(N(c5ccccc5)c5ccccc5)cc34)c1C=C)C=CCC2C. The maximum Gasteiger partial charge on any atom is 0.162 e. The van der Waals surface area contributed by atoms with Gasteiger partial charge < -0.3 is 13.9 Å². The number of fused-ring (bicyclic) bond motifs is 4. The van der Waals surface area contributed by atoms with Crippen molar-refractivity contribution in [2.24, 2.45) is 0 Å². The van der Waals surface area contributed by atoms with Crippen LogP contribution in [0.1, 0.15) is 41.8 Å². The molecular formula is C36H29N3O. The monoisotopic (exact) mass is 519 g/mol. The van der Waals surface area contributed by atoms with E-state index < -0.39 is 0 Å². The van der Waals surface area contributed by atoms with Crippen molar-refractivity contribution in [3.8, 4) is 5.69 Å². The maximum absolute atomic E-state index is 6.58. The van der Waals surface area contributed by atoms with Crippen molar-refractivity contribution in [3.05, 3.63) is 133 Å². The number of hydrogen-bond donors (Lipinski definition) is 0. The van der Waals surface area contributed by atoms with Gasteiger partial charge in [0.1, 0.15) is 11.3 Å². The van der Waals surface area contributed by atoms with E-state index in [0.29, 0.717) is 5.92 Å². The van der Waals surface area contributed by atoms with Crippen LogP contribution in [0.3, 0.4) is 0 Å². The van der Waals surface area contributed by atoms with Crippen LogP contribution in [0, 0.1) is 0 Å². The van der Waals surface area contributed by atoms with Crippen LogP contribution in [0.5, 0.6) is 0 Å². The fraction of sp³-hybridized carbons (Fsp3) is 0.0833. The molecule has 194 valence electrons. The van der Waals surface area contributed by atoms with Crippen LogP contribution in [0.25, 0.3) is 45.9 Å². The molecule has 1 atom stereocenters. The van der Waals surface area contributed by atoms with Crippen molar-refractivity contribution >= 4 is 57.2 Å². The average Bonchev–Trinajstić information content (AvgIpc) is 3.54. The number of aromatic nitrogens is 2. The van der Waals surface area contributed by atoms with Crippen molar-refractivity contribution in [2.75, 3.05) is 4.90 Å². The van der Waals surface area contributed by atoms with Gasteiger partial charge in [-0.1, -0.05) is 68.6 Å². The third-order valence-electron chi connectivity index (χ3n) is 7.85. The van der Waals surface area contributed by atoms with Crippen LogP contribution in [0.4, 0.5) is 17.1 Å². The number of anilines is 3. The molecule has 4 nitrogen and oxygen atoms in total. The first-order valence-electron chi connectivity index (χ1n) is 13.6. The van der Waals surface area contributed by atoms with Gasteiger partial charge in [0.15, 0.2) is 5.58 Å². The Balaban J connectivity index is 1.46. The highest BCUT2D eigenvalue weighted by atomic mass is 16.3. The minimum absolute atomic E-state index is 0.389. The van der Waals surface area contributed by atoms with Gasteiger partial charge >= 0.3 is 0 Å². The number of furan rings is 1. The average molecular weight is 520 g/mol. The first-order valence-corrected chi connectivity index (χ1v) is 13.6. The molecule has 0 N–H and O–H groups in total. The molecule has 40 heavy (non-hydrogen) atoms. The summed E-state index contributed by atoms with van der Waals surface area (Å²) in [6, 6.07) is 27.2. The van der Waals surface area contributed by atoms with E-state index in [0.717, 1.165) is 68.1 Å². The fourth-order valence-corrected chi connectivity index (χ4v) is 6.07. The van der Waals surface area contributed by atoms with Gasteiger partial charge in [-0.05, 0) is 72.5 Å². The zero-order chi connectivity index (χ0) is 27.2. The minimum atomic E-state index is 0.389. The van der Waals surface area contributed by atoms with Crippen LogP contribution in [-0.2, 0) is 0 Å². The lowest BCUT2D eigenvalue weighted by Gasteiger charge is -2.25. The molecule has 3 heterocycles. The van der Waals surface area contributed by atoms with Crippen molar-refractivity contribution < 1.29 is 4.42 Å². The molecule has 3 aromatic carbocycles. The molecule has 3 aromatic heterocycles. The zero-order valence-corrected chi connectivity index (χ0v) is 22.4. The van der Waals surface area contributed by atoms with E-state index in [9.17, 15) is 0 Å². The lowest BCUT2D eigenvalue weighted by atomic mass is 9.89. The van der Waals surface area contributed by atoms with Crippen molar-refractivity contribution in [1.29, 1.82) is 0 Å². The Bertz CT molecular complexity index is 1890. The highest BCUT2D eigenvalue weighted by Gasteiger charge is 2.27. The highest BCUT2D eigenvalue weighted by Crippen LogP contribution is 2.43. The zero-order valence-electron chi connectivity index (χ0n) is 22.4. The van der Waals surface area contributed by atoms with Crippen LogP contribution in [-0.4, -0.2) is 9.55 Å². The molecule has 0 saturated carbocycles. The maximum atomic E-state index is 6.58. The van der Waals surface area contributed by atoms with E-state index >= 15 is 0 Å². The number of hydrogen-bond acceptors (Lipinski definition) is 3. The smallest absolute Gasteiger partial charge is 0.162 e. The summed E-state index contributed by atoms with van der Waals surface area (Å²) >= 11 is 0. The summed E-state index contributed by atoms with van der Waals surface area (Å²) in [5.41, 5.74) is 10.3. The Morgan fingerprint density at radius 2 is 1.60 bits per heavy atom. The molecule has 7 rings (SSSR count). The molecule has 0 saturated heterocycles. The van der Waals surface area contributed by atoms with Gasteiger partial charge in [-0.15, -0.1) is 0 Å². The van der Waals surface area contributed by atoms with Gasteiger partial charge in [-0.25, -0.2) is 0 Å². The Hall–Kier alpha value is -5.09. The quantitative estimate of drug-likeness (QED) is 0.220. The Morgan fingerprint density at radius 3 is 2.27 bits per heavy atom. The molecule has 6 aromatic rings. The fourth-order valence-electron chi connectivity index (χ4n) is 6.07. The van der Waals surface area contributed by atoms with E-state index in [1.807, 2.05) is 36.7 Å². The summed E-state index contributed by atoms with van der Waals surface area (Å²) < 4.78 is 8.81. The lowest BCUT2D eigenvalue weighted by Crippen LogP contribution is -2.09. The molecule has 1 aliphatic rings. The standard InChI is InChI=1S/C36H29N3O/c1-4-28-31(5-2)39(32-18-12-13-24(3)35(28)32)33-23-37-22-30-29-21-27(19-20-34(29)40-36(30)33)38(25-14-8-6-9-15-25)26-16-10-7-11-17-26/h4-12,14-24H,1-2,13H2,3H3. The second-order valence-electron chi connectivity index (χ2n) is 10.2. The van der Waals surface area contributed by atoms with E-state index in [1.54, 1.807) is 0 Å². The highest BCUT2D eigenvalue weighted by molar-refractivity contribution is 6.08. The molecule has 0 fully saturated rings. The molecule has 0 aliphatic heterocycles. The first kappa shape index (κ1) is 24.0. The predicted molar refractivity (Wildman–Crippen MR) is 168 cm³/mol. The predicted octanol–water partition coefficient (Wildman–Crippen LogP) is 10.0. The van der Waals surface area contributed by atoms with E-state index in [1.165, 1.54) is 5.56 Å². The van der Waals surface area contributed by atoms with Crippen LogP contribution in [0.2, 0.25) is 0 Å². The molecule has 1 aliphatic carbocycles. The lowest BCUT2D eigenvalue weighted by molar-refractivity contribution is 0.664. The number of pyridine rings is 1. The third-order valence-corrected chi connectivity index (χ3v) is 7.85. The van der Waals surface area contributed by atoms with Gasteiger partial charge in [0, 0.05) is 39.6 Å². The molecule has 0 spiro atoms. The summed E-state index contributed by atoms with van der Waals surface area (Å²) in [6.07, 6.45) is 13.1. The Labute approximate surface area is 233 Å². The molecular weight excluding hydrogens is 490 g/mol. The van der Waals surface area contributed by atoms with Gasteiger partial charge in [-0.2, -0.15) is 0 Å². The van der Waals surface area contributed by atoms with Crippen molar-refractivity contribution in [1.82, 2.24) is 9.55 Å². The summed E-state index contributed by atoms with van der Waals surface area (Å²) in [5, 5.41) is 1.99. The van der Waals surface area contributed by atoms with Crippen molar-refractivity contribution in [3.63, 3.8) is 0 Å². The molecule has 4 heteroatoms. The van der Waals surface area contributed by atoms with Gasteiger partial charge in [0.25, 0.3) is 0 Å². The topological polar surface area (TPSA) is 34.2 Å². The summed E-state index contributed by atoms with van der Waals surface area (Å²) in [5.74, 6) is 0.389.